The van der Waals surface area contributed by atoms with Crippen LogP contribution in [0.1, 0.15) is 43.2 Å². The standard InChI is InChI=1S/C15H22N2O/c1-11-9-13(15(16)17)7-8-14(11)18-10-12-5-3-2-4-6-12/h7-9,12H,2-6,10H2,1H3,(H3,16,17). The van der Waals surface area contributed by atoms with Crippen molar-refractivity contribution in [3.63, 3.8) is 0 Å². The quantitative estimate of drug-likeness (QED) is 0.633. The molecule has 3 heteroatoms. The molecule has 3 nitrogen and oxygen atoms in total. The number of benzene rings is 1. The van der Waals surface area contributed by atoms with Crippen molar-refractivity contribution in [3.8, 4) is 5.75 Å². The highest BCUT2D eigenvalue weighted by atomic mass is 16.5. The van der Waals surface area contributed by atoms with Crippen molar-refractivity contribution in [2.24, 2.45) is 11.7 Å². The molecule has 0 atom stereocenters. The van der Waals surface area contributed by atoms with E-state index < -0.39 is 0 Å². The van der Waals surface area contributed by atoms with E-state index in [9.17, 15) is 0 Å². The number of hydrogen-bond donors (Lipinski definition) is 2. The van der Waals surface area contributed by atoms with Gasteiger partial charge in [-0.15, -0.1) is 0 Å². The second kappa shape index (κ2) is 5.89. The molecule has 18 heavy (non-hydrogen) atoms. The van der Waals surface area contributed by atoms with Gasteiger partial charge in [-0.1, -0.05) is 19.3 Å². The number of hydrogen-bond acceptors (Lipinski definition) is 2. The van der Waals surface area contributed by atoms with E-state index in [-0.39, 0.29) is 5.84 Å². The predicted octanol–water partition coefficient (Wildman–Crippen LogP) is 3.24. The van der Waals surface area contributed by atoms with Gasteiger partial charge in [-0.25, -0.2) is 0 Å². The van der Waals surface area contributed by atoms with Gasteiger partial charge in [0.1, 0.15) is 11.6 Å². The van der Waals surface area contributed by atoms with Gasteiger partial charge >= 0.3 is 0 Å². The number of nitrogens with one attached hydrogen (secondary N) is 1. The summed E-state index contributed by atoms with van der Waals surface area (Å²) < 4.78 is 5.90. The molecule has 1 fully saturated rings. The third-order valence-corrected chi connectivity index (χ3v) is 3.69. The van der Waals surface area contributed by atoms with Crippen LogP contribution in [0.25, 0.3) is 0 Å². The van der Waals surface area contributed by atoms with E-state index in [2.05, 4.69) is 0 Å². The molecule has 0 aliphatic heterocycles. The van der Waals surface area contributed by atoms with Gasteiger partial charge < -0.3 is 10.5 Å². The topological polar surface area (TPSA) is 59.1 Å². The summed E-state index contributed by atoms with van der Waals surface area (Å²) in [6.07, 6.45) is 6.66. The van der Waals surface area contributed by atoms with Crippen LogP contribution in [0.5, 0.6) is 5.75 Å². The first-order valence-electron chi connectivity index (χ1n) is 6.74. The Balaban J connectivity index is 1.94. The van der Waals surface area contributed by atoms with Gasteiger partial charge in [-0.2, -0.15) is 0 Å². The highest BCUT2D eigenvalue weighted by Crippen LogP contribution is 2.26. The average Bonchev–Trinajstić information content (AvgIpc) is 2.38. The van der Waals surface area contributed by atoms with Crippen molar-refractivity contribution in [1.82, 2.24) is 0 Å². The molecule has 1 aromatic carbocycles. The van der Waals surface area contributed by atoms with Crippen LogP contribution in [-0.2, 0) is 0 Å². The minimum Gasteiger partial charge on any atom is -0.493 e. The Kier molecular flexibility index (Phi) is 4.24. The smallest absolute Gasteiger partial charge is 0.122 e. The highest BCUT2D eigenvalue weighted by molar-refractivity contribution is 5.95. The van der Waals surface area contributed by atoms with Crippen molar-refractivity contribution in [2.45, 2.75) is 39.0 Å². The van der Waals surface area contributed by atoms with Crippen molar-refractivity contribution in [3.05, 3.63) is 29.3 Å². The second-order valence-electron chi connectivity index (χ2n) is 5.21. The molecule has 0 spiro atoms. The largest absolute Gasteiger partial charge is 0.493 e. The van der Waals surface area contributed by atoms with Crippen LogP contribution < -0.4 is 10.5 Å². The summed E-state index contributed by atoms with van der Waals surface area (Å²) in [5.74, 6) is 1.74. The number of aryl methyl sites for hydroxylation is 1. The van der Waals surface area contributed by atoms with Crippen molar-refractivity contribution >= 4 is 5.84 Å². The maximum absolute atomic E-state index is 7.40. The van der Waals surface area contributed by atoms with Gasteiger partial charge in [0, 0.05) is 5.56 Å². The summed E-state index contributed by atoms with van der Waals surface area (Å²) >= 11 is 0. The lowest BCUT2D eigenvalue weighted by molar-refractivity contribution is 0.208. The van der Waals surface area contributed by atoms with E-state index >= 15 is 0 Å². The van der Waals surface area contributed by atoms with E-state index in [0.29, 0.717) is 5.92 Å². The van der Waals surface area contributed by atoms with Crippen LogP contribution in [0, 0.1) is 18.3 Å². The van der Waals surface area contributed by atoms with Crippen molar-refractivity contribution in [1.29, 1.82) is 5.41 Å². The fraction of sp³-hybridized carbons (Fsp3) is 0.533. The normalized spacial score (nSPS) is 16.5. The van der Waals surface area contributed by atoms with Gasteiger partial charge in [0.25, 0.3) is 0 Å². The molecular weight excluding hydrogens is 224 g/mol. The molecule has 0 saturated heterocycles. The van der Waals surface area contributed by atoms with E-state index in [0.717, 1.165) is 23.5 Å². The maximum atomic E-state index is 7.40. The summed E-state index contributed by atoms with van der Waals surface area (Å²) in [5, 5.41) is 7.40. The lowest BCUT2D eigenvalue weighted by atomic mass is 9.90. The second-order valence-corrected chi connectivity index (χ2v) is 5.21. The molecule has 0 unspecified atom stereocenters. The van der Waals surface area contributed by atoms with Crippen LogP contribution in [0.15, 0.2) is 18.2 Å². The number of ether oxygens (including phenoxy) is 1. The molecule has 98 valence electrons. The molecule has 0 aromatic heterocycles. The molecule has 0 heterocycles. The fourth-order valence-electron chi connectivity index (χ4n) is 2.54. The minimum absolute atomic E-state index is 0.108. The Labute approximate surface area is 109 Å². The molecule has 2 rings (SSSR count). The molecule has 3 N–H and O–H groups in total. The summed E-state index contributed by atoms with van der Waals surface area (Å²) in [7, 11) is 0. The zero-order chi connectivity index (χ0) is 13.0. The molecule has 1 aliphatic rings. The number of nitrogens with two attached hydrogens (primary N) is 1. The monoisotopic (exact) mass is 246 g/mol. The van der Waals surface area contributed by atoms with E-state index in [1.807, 2.05) is 25.1 Å². The minimum atomic E-state index is 0.108. The molecule has 1 saturated carbocycles. The lowest BCUT2D eigenvalue weighted by Crippen LogP contribution is -2.16. The molecule has 0 radical (unpaired) electrons. The summed E-state index contributed by atoms with van der Waals surface area (Å²) in [4.78, 5) is 0. The van der Waals surface area contributed by atoms with Gasteiger partial charge in [0.15, 0.2) is 0 Å². The van der Waals surface area contributed by atoms with Gasteiger partial charge in [-0.05, 0) is 49.4 Å². The van der Waals surface area contributed by atoms with Crippen LogP contribution >= 0.6 is 0 Å². The first kappa shape index (κ1) is 12.9. The Bertz CT molecular complexity index is 423. The van der Waals surface area contributed by atoms with Gasteiger partial charge in [-0.3, -0.25) is 5.41 Å². The fourth-order valence-corrected chi connectivity index (χ4v) is 2.54. The molecular formula is C15H22N2O. The molecule has 1 aliphatic carbocycles. The number of nitrogen functional groups attached to an aromatic ring is 1. The Morgan fingerprint density at radius 1 is 1.33 bits per heavy atom. The zero-order valence-corrected chi connectivity index (χ0v) is 11.0. The molecule has 0 amide bonds. The molecule has 1 aromatic rings. The summed E-state index contributed by atoms with van der Waals surface area (Å²) in [5.41, 5.74) is 7.28. The van der Waals surface area contributed by atoms with Crippen LogP contribution in [0.3, 0.4) is 0 Å². The average molecular weight is 246 g/mol. The lowest BCUT2D eigenvalue weighted by Gasteiger charge is -2.22. The van der Waals surface area contributed by atoms with Crippen molar-refractivity contribution < 1.29 is 4.74 Å². The third kappa shape index (κ3) is 3.25. The number of rotatable bonds is 4. The number of amidine groups is 1. The van der Waals surface area contributed by atoms with Crippen LogP contribution in [0.2, 0.25) is 0 Å². The predicted molar refractivity (Wildman–Crippen MR) is 74.3 cm³/mol. The zero-order valence-electron chi connectivity index (χ0n) is 11.0. The van der Waals surface area contributed by atoms with Crippen LogP contribution in [-0.4, -0.2) is 12.4 Å². The highest BCUT2D eigenvalue weighted by Gasteiger charge is 2.14. The van der Waals surface area contributed by atoms with Crippen molar-refractivity contribution in [2.75, 3.05) is 6.61 Å². The molecule has 0 bridgehead atoms. The Hall–Kier alpha value is -1.51. The van der Waals surface area contributed by atoms with Gasteiger partial charge in [0.2, 0.25) is 0 Å². The first-order valence-corrected chi connectivity index (χ1v) is 6.74. The SMILES string of the molecule is Cc1cc(C(=N)N)ccc1OCC1CCCCC1. The first-order chi connectivity index (χ1) is 8.66. The van der Waals surface area contributed by atoms with E-state index in [4.69, 9.17) is 15.9 Å². The van der Waals surface area contributed by atoms with E-state index in [1.165, 1.54) is 32.1 Å². The Morgan fingerprint density at radius 3 is 2.67 bits per heavy atom. The van der Waals surface area contributed by atoms with Gasteiger partial charge in [0.05, 0.1) is 6.61 Å². The summed E-state index contributed by atoms with van der Waals surface area (Å²) in [6, 6.07) is 5.69. The third-order valence-electron chi connectivity index (χ3n) is 3.69. The maximum Gasteiger partial charge on any atom is 0.122 e. The van der Waals surface area contributed by atoms with E-state index in [1.54, 1.807) is 0 Å². The summed E-state index contributed by atoms with van der Waals surface area (Å²) in [6.45, 7) is 2.82. The van der Waals surface area contributed by atoms with Crippen LogP contribution in [0.4, 0.5) is 0 Å². The Morgan fingerprint density at radius 2 is 2.06 bits per heavy atom.